The molecule has 0 spiro atoms. The van der Waals surface area contributed by atoms with E-state index in [1.165, 1.54) is 17.9 Å². The molecular formula is C18H26FIN6O2. The van der Waals surface area contributed by atoms with Crippen LogP contribution in [0.25, 0.3) is 0 Å². The van der Waals surface area contributed by atoms with E-state index in [4.69, 9.17) is 0 Å². The zero-order valence-electron chi connectivity index (χ0n) is 16.4. The van der Waals surface area contributed by atoms with Crippen molar-refractivity contribution < 1.29 is 13.9 Å². The number of hydrogen-bond donors (Lipinski definition) is 2. The summed E-state index contributed by atoms with van der Waals surface area (Å²) in [5.74, 6) is -0.0528. The number of rotatable bonds is 7. The lowest BCUT2D eigenvalue weighted by Crippen LogP contribution is -2.38. The van der Waals surface area contributed by atoms with Crippen LogP contribution in [0, 0.1) is 12.7 Å². The van der Waals surface area contributed by atoms with Crippen molar-refractivity contribution in [2.75, 3.05) is 13.7 Å². The van der Waals surface area contributed by atoms with Gasteiger partial charge in [0.25, 0.3) is 0 Å². The van der Waals surface area contributed by atoms with E-state index in [2.05, 4.69) is 30.7 Å². The van der Waals surface area contributed by atoms with E-state index in [-0.39, 0.29) is 48.9 Å². The van der Waals surface area contributed by atoms with Gasteiger partial charge in [-0.1, -0.05) is 17.3 Å². The molecule has 10 heteroatoms. The van der Waals surface area contributed by atoms with Crippen LogP contribution in [0.4, 0.5) is 4.39 Å². The van der Waals surface area contributed by atoms with Crippen LogP contribution in [-0.2, 0) is 22.6 Å². The fraction of sp³-hybridized carbons (Fsp3) is 0.444. The molecule has 1 heterocycles. The first-order chi connectivity index (χ1) is 12.9. The highest BCUT2D eigenvalue weighted by Crippen LogP contribution is 2.16. The second-order valence-electron chi connectivity index (χ2n) is 6.05. The van der Waals surface area contributed by atoms with Crippen LogP contribution < -0.4 is 10.6 Å². The third-order valence-corrected chi connectivity index (χ3v) is 3.90. The Morgan fingerprint density at radius 2 is 2.18 bits per heavy atom. The molecule has 8 nitrogen and oxygen atoms in total. The Balaban J connectivity index is 0.00000392. The molecule has 1 atom stereocenters. The molecule has 2 rings (SSSR count). The average molecular weight is 504 g/mol. The largest absolute Gasteiger partial charge is 0.468 e. The van der Waals surface area contributed by atoms with Gasteiger partial charge in [-0.25, -0.2) is 14.1 Å². The van der Waals surface area contributed by atoms with Crippen molar-refractivity contribution in [1.82, 2.24) is 25.6 Å². The number of carbonyl (C=O) groups excluding carboxylic acids is 1. The molecule has 0 radical (unpaired) electrons. The molecule has 0 fully saturated rings. The van der Waals surface area contributed by atoms with Crippen LogP contribution >= 0.6 is 24.0 Å². The fourth-order valence-electron chi connectivity index (χ4n) is 2.33. The molecule has 0 aliphatic rings. The van der Waals surface area contributed by atoms with Gasteiger partial charge in [-0.3, -0.25) is 4.79 Å². The molecule has 1 unspecified atom stereocenters. The standard InChI is InChI=1S/C18H25FN6O2.HI/c1-5-20-18(22-13(3)14-7-6-12(2)16(19)8-14)21-9-15-10-25(24-23-15)11-17(26)27-4;/h6-8,10,13H,5,9,11H2,1-4H3,(H2,20,21,22);1H. The monoisotopic (exact) mass is 504 g/mol. The number of hydrogen-bond acceptors (Lipinski definition) is 5. The second kappa shape index (κ2) is 11.6. The maximum atomic E-state index is 13.8. The first kappa shape index (κ1) is 23.8. The molecular weight excluding hydrogens is 478 g/mol. The second-order valence-corrected chi connectivity index (χ2v) is 6.05. The predicted octanol–water partition coefficient (Wildman–Crippen LogP) is 2.33. The quantitative estimate of drug-likeness (QED) is 0.260. The molecule has 0 aliphatic heterocycles. The number of methoxy groups -OCH3 is 1. The molecule has 0 amide bonds. The molecule has 0 saturated heterocycles. The number of benzene rings is 1. The lowest BCUT2D eigenvalue weighted by molar-refractivity contribution is -0.141. The summed E-state index contributed by atoms with van der Waals surface area (Å²) in [5, 5.41) is 14.2. The smallest absolute Gasteiger partial charge is 0.327 e. The van der Waals surface area contributed by atoms with Crippen LogP contribution in [0.15, 0.2) is 29.4 Å². The number of carbonyl (C=O) groups is 1. The Morgan fingerprint density at radius 3 is 2.82 bits per heavy atom. The zero-order chi connectivity index (χ0) is 19.8. The lowest BCUT2D eigenvalue weighted by Gasteiger charge is -2.18. The molecule has 2 aromatic rings. The maximum Gasteiger partial charge on any atom is 0.327 e. The minimum Gasteiger partial charge on any atom is -0.468 e. The summed E-state index contributed by atoms with van der Waals surface area (Å²) in [5.41, 5.74) is 2.06. The van der Waals surface area contributed by atoms with E-state index in [1.807, 2.05) is 19.9 Å². The number of ether oxygens (including phenoxy) is 1. The van der Waals surface area contributed by atoms with E-state index >= 15 is 0 Å². The van der Waals surface area contributed by atoms with Gasteiger partial charge in [0.05, 0.1) is 25.9 Å². The Hall–Kier alpha value is -2.24. The summed E-state index contributed by atoms with van der Waals surface area (Å²) < 4.78 is 19.8. The molecule has 1 aromatic carbocycles. The van der Waals surface area contributed by atoms with Crippen molar-refractivity contribution in [3.8, 4) is 0 Å². The van der Waals surface area contributed by atoms with Crippen molar-refractivity contribution in [3.63, 3.8) is 0 Å². The molecule has 0 bridgehead atoms. The summed E-state index contributed by atoms with van der Waals surface area (Å²) in [6.07, 6.45) is 1.64. The minimum absolute atomic E-state index is 0. The van der Waals surface area contributed by atoms with Gasteiger partial charge in [-0.15, -0.1) is 29.1 Å². The number of nitrogens with one attached hydrogen (secondary N) is 2. The van der Waals surface area contributed by atoms with Crippen LogP contribution in [0.2, 0.25) is 0 Å². The Morgan fingerprint density at radius 1 is 1.43 bits per heavy atom. The number of aryl methyl sites for hydroxylation is 1. The van der Waals surface area contributed by atoms with Crippen molar-refractivity contribution in [2.45, 2.75) is 39.9 Å². The third kappa shape index (κ3) is 7.06. The van der Waals surface area contributed by atoms with Gasteiger partial charge in [-0.05, 0) is 38.0 Å². The van der Waals surface area contributed by atoms with E-state index < -0.39 is 5.97 Å². The highest BCUT2D eigenvalue weighted by atomic mass is 127. The van der Waals surface area contributed by atoms with Gasteiger partial charge >= 0.3 is 5.97 Å². The fourth-order valence-corrected chi connectivity index (χ4v) is 2.33. The molecule has 0 saturated carbocycles. The first-order valence-electron chi connectivity index (χ1n) is 8.69. The predicted molar refractivity (Wildman–Crippen MR) is 115 cm³/mol. The van der Waals surface area contributed by atoms with Crippen molar-refractivity contribution in [3.05, 3.63) is 47.0 Å². The van der Waals surface area contributed by atoms with Crippen molar-refractivity contribution >= 4 is 35.9 Å². The van der Waals surface area contributed by atoms with Gasteiger partial charge in [0.2, 0.25) is 0 Å². The van der Waals surface area contributed by atoms with Crippen LogP contribution in [0.3, 0.4) is 0 Å². The summed E-state index contributed by atoms with van der Waals surface area (Å²) >= 11 is 0. The maximum absolute atomic E-state index is 13.8. The third-order valence-electron chi connectivity index (χ3n) is 3.90. The lowest BCUT2D eigenvalue weighted by atomic mass is 10.1. The normalized spacial score (nSPS) is 12.1. The van der Waals surface area contributed by atoms with Gasteiger partial charge in [0.15, 0.2) is 5.96 Å². The molecule has 2 N–H and O–H groups in total. The summed E-state index contributed by atoms with van der Waals surface area (Å²) in [7, 11) is 1.32. The van der Waals surface area contributed by atoms with Gasteiger partial charge in [-0.2, -0.15) is 0 Å². The van der Waals surface area contributed by atoms with Crippen molar-refractivity contribution in [2.24, 2.45) is 4.99 Å². The minimum atomic E-state index is -0.399. The highest BCUT2D eigenvalue weighted by molar-refractivity contribution is 14.0. The zero-order valence-corrected chi connectivity index (χ0v) is 18.7. The number of aromatic nitrogens is 3. The Labute approximate surface area is 181 Å². The van der Waals surface area contributed by atoms with Crippen LogP contribution in [-0.4, -0.2) is 40.6 Å². The number of esters is 1. The molecule has 28 heavy (non-hydrogen) atoms. The average Bonchev–Trinajstić information content (AvgIpc) is 3.09. The number of aliphatic imine (C=N–C) groups is 1. The van der Waals surface area contributed by atoms with E-state index in [9.17, 15) is 9.18 Å². The Bertz CT molecular complexity index is 811. The van der Waals surface area contributed by atoms with E-state index in [0.717, 1.165) is 5.56 Å². The summed E-state index contributed by atoms with van der Waals surface area (Å²) in [6.45, 7) is 6.59. The number of halogens is 2. The summed E-state index contributed by atoms with van der Waals surface area (Å²) in [4.78, 5) is 15.7. The van der Waals surface area contributed by atoms with Crippen LogP contribution in [0.5, 0.6) is 0 Å². The topological polar surface area (TPSA) is 93.4 Å². The highest BCUT2D eigenvalue weighted by Gasteiger charge is 2.10. The summed E-state index contributed by atoms with van der Waals surface area (Å²) in [6, 6.07) is 5.03. The van der Waals surface area contributed by atoms with Gasteiger partial charge < -0.3 is 15.4 Å². The SMILES string of the molecule is CCNC(=NCc1cn(CC(=O)OC)nn1)NC(C)c1ccc(C)c(F)c1.I. The Kier molecular flexibility index (Phi) is 9.83. The van der Waals surface area contributed by atoms with Crippen LogP contribution in [0.1, 0.15) is 36.7 Å². The number of guanidine groups is 1. The molecule has 154 valence electrons. The number of nitrogens with zero attached hydrogens (tertiary/aromatic N) is 4. The van der Waals surface area contributed by atoms with Crippen molar-refractivity contribution in [1.29, 1.82) is 0 Å². The van der Waals surface area contributed by atoms with Gasteiger partial charge in [0, 0.05) is 6.54 Å². The molecule has 1 aromatic heterocycles. The molecule has 0 aliphatic carbocycles. The van der Waals surface area contributed by atoms with E-state index in [1.54, 1.807) is 19.2 Å². The first-order valence-corrected chi connectivity index (χ1v) is 8.69. The van der Waals surface area contributed by atoms with E-state index in [0.29, 0.717) is 23.8 Å². The van der Waals surface area contributed by atoms with Gasteiger partial charge in [0.1, 0.15) is 18.1 Å².